The summed E-state index contributed by atoms with van der Waals surface area (Å²) in [5.41, 5.74) is 10.8. The molecule has 2 fully saturated rings. The molecule has 2 aliphatic rings. The molecule has 0 spiro atoms. The third-order valence-electron chi connectivity index (χ3n) is 8.05. The average Bonchev–Trinajstić information content (AvgIpc) is 2.98. The van der Waals surface area contributed by atoms with E-state index in [0.29, 0.717) is 16.7 Å². The van der Waals surface area contributed by atoms with Crippen LogP contribution in [0.25, 0.3) is 0 Å². The lowest BCUT2D eigenvalue weighted by molar-refractivity contribution is 0.0928. The number of amides is 2. The minimum atomic E-state index is -0.453. The summed E-state index contributed by atoms with van der Waals surface area (Å²) in [6.45, 7) is 4.41. The smallest absolute Gasteiger partial charge is 0.251 e. The molecule has 0 saturated carbocycles. The first-order valence-electron chi connectivity index (χ1n) is 13.8. The second-order valence-electron chi connectivity index (χ2n) is 10.6. The third-order valence-corrected chi connectivity index (χ3v) is 8.05. The van der Waals surface area contributed by atoms with Crippen LogP contribution in [0, 0.1) is 11.3 Å². The molecule has 39 heavy (non-hydrogen) atoms. The fourth-order valence-corrected chi connectivity index (χ4v) is 5.80. The molecule has 2 aliphatic heterocycles. The van der Waals surface area contributed by atoms with E-state index in [1.165, 1.54) is 11.3 Å². The van der Waals surface area contributed by atoms with Crippen LogP contribution in [0.15, 0.2) is 72.8 Å². The molecule has 5 rings (SSSR count). The Morgan fingerprint density at radius 2 is 1.59 bits per heavy atom. The largest absolute Gasteiger partial charge is 0.371 e. The number of nitrogens with two attached hydrogens (primary N) is 1. The first kappa shape index (κ1) is 26.5. The highest BCUT2D eigenvalue weighted by molar-refractivity contribution is 5.98. The minimum Gasteiger partial charge on any atom is -0.371 e. The van der Waals surface area contributed by atoms with Crippen LogP contribution in [0.3, 0.4) is 0 Å². The molecule has 7 heteroatoms. The number of benzene rings is 3. The maximum absolute atomic E-state index is 13.2. The van der Waals surface area contributed by atoms with Gasteiger partial charge in [-0.25, -0.2) is 0 Å². The van der Waals surface area contributed by atoms with Crippen molar-refractivity contribution in [1.29, 1.82) is 5.26 Å². The number of likely N-dealkylation sites (tertiary alicyclic amines) is 1. The molecular weight excluding hydrogens is 486 g/mol. The Morgan fingerprint density at radius 1 is 0.897 bits per heavy atom. The summed E-state index contributed by atoms with van der Waals surface area (Å²) in [7, 11) is 0. The van der Waals surface area contributed by atoms with Crippen LogP contribution in [0.4, 0.5) is 5.69 Å². The van der Waals surface area contributed by atoms with Crippen molar-refractivity contribution in [2.24, 2.45) is 5.73 Å². The van der Waals surface area contributed by atoms with Crippen LogP contribution in [0.1, 0.15) is 69.0 Å². The van der Waals surface area contributed by atoms with Gasteiger partial charge in [-0.3, -0.25) is 14.5 Å². The van der Waals surface area contributed by atoms with Crippen LogP contribution < -0.4 is 16.0 Å². The number of primary amides is 1. The minimum absolute atomic E-state index is 0.0938. The topological polar surface area (TPSA) is 102 Å². The molecule has 3 aromatic rings. The van der Waals surface area contributed by atoms with Crippen molar-refractivity contribution in [2.75, 3.05) is 31.1 Å². The van der Waals surface area contributed by atoms with E-state index < -0.39 is 5.91 Å². The summed E-state index contributed by atoms with van der Waals surface area (Å²) in [6, 6.07) is 25.7. The van der Waals surface area contributed by atoms with Gasteiger partial charge in [0.25, 0.3) is 5.91 Å². The molecule has 7 nitrogen and oxygen atoms in total. The van der Waals surface area contributed by atoms with Gasteiger partial charge < -0.3 is 16.0 Å². The number of nitrogens with one attached hydrogen (secondary N) is 1. The van der Waals surface area contributed by atoms with Crippen LogP contribution in [-0.2, 0) is 6.54 Å². The van der Waals surface area contributed by atoms with Gasteiger partial charge in [-0.05, 0) is 98.3 Å². The second-order valence-corrected chi connectivity index (χ2v) is 10.6. The van der Waals surface area contributed by atoms with Crippen molar-refractivity contribution in [3.8, 4) is 6.07 Å². The van der Waals surface area contributed by atoms with Crippen molar-refractivity contribution in [2.45, 2.75) is 44.2 Å². The van der Waals surface area contributed by atoms with Gasteiger partial charge in [0.15, 0.2) is 0 Å². The SMILES string of the molecule is N#Cc1ccc(CN2CCC(c3cc(C(=O)NC4CCN(c5ccccc5)CC4)ccc3C(N)=O)CC2)cc1. The molecular formula is C32H35N5O2. The summed E-state index contributed by atoms with van der Waals surface area (Å²) < 4.78 is 0. The Kier molecular flexibility index (Phi) is 8.24. The monoisotopic (exact) mass is 521 g/mol. The van der Waals surface area contributed by atoms with Gasteiger partial charge in [0.2, 0.25) is 5.91 Å². The fraction of sp³-hybridized carbons (Fsp3) is 0.344. The summed E-state index contributed by atoms with van der Waals surface area (Å²) in [5, 5.41) is 12.2. The molecule has 0 radical (unpaired) electrons. The maximum atomic E-state index is 13.2. The van der Waals surface area contributed by atoms with Gasteiger partial charge in [-0.1, -0.05) is 30.3 Å². The van der Waals surface area contributed by atoms with E-state index in [2.05, 4.69) is 45.5 Å². The zero-order chi connectivity index (χ0) is 27.2. The van der Waals surface area contributed by atoms with E-state index in [-0.39, 0.29) is 17.9 Å². The van der Waals surface area contributed by atoms with E-state index in [4.69, 9.17) is 11.0 Å². The van der Waals surface area contributed by atoms with Crippen molar-refractivity contribution in [3.63, 3.8) is 0 Å². The first-order chi connectivity index (χ1) is 19.0. The number of hydrogen-bond donors (Lipinski definition) is 2. The van der Waals surface area contributed by atoms with Gasteiger partial charge in [-0.2, -0.15) is 5.26 Å². The third kappa shape index (κ3) is 6.47. The number of rotatable bonds is 7. The van der Waals surface area contributed by atoms with E-state index in [1.54, 1.807) is 12.1 Å². The van der Waals surface area contributed by atoms with Crippen LogP contribution in [0.2, 0.25) is 0 Å². The summed E-state index contributed by atoms with van der Waals surface area (Å²) >= 11 is 0. The highest BCUT2D eigenvalue weighted by atomic mass is 16.2. The van der Waals surface area contributed by atoms with E-state index >= 15 is 0 Å². The van der Waals surface area contributed by atoms with Gasteiger partial charge in [0, 0.05) is 42.5 Å². The van der Waals surface area contributed by atoms with Gasteiger partial charge in [-0.15, -0.1) is 0 Å². The summed E-state index contributed by atoms with van der Waals surface area (Å²) in [5.74, 6) is -0.375. The Hall–Kier alpha value is -4.15. The lowest BCUT2D eigenvalue weighted by atomic mass is 9.85. The van der Waals surface area contributed by atoms with Gasteiger partial charge in [0.1, 0.15) is 0 Å². The number of nitrogens with zero attached hydrogens (tertiary/aromatic N) is 3. The molecule has 0 aromatic heterocycles. The highest BCUT2D eigenvalue weighted by Crippen LogP contribution is 2.32. The summed E-state index contributed by atoms with van der Waals surface area (Å²) in [6.07, 6.45) is 3.56. The zero-order valence-corrected chi connectivity index (χ0v) is 22.2. The predicted octanol–water partition coefficient (Wildman–Crippen LogP) is 4.44. The highest BCUT2D eigenvalue weighted by Gasteiger charge is 2.26. The van der Waals surface area contributed by atoms with E-state index in [9.17, 15) is 9.59 Å². The first-order valence-corrected chi connectivity index (χ1v) is 13.8. The normalized spacial score (nSPS) is 16.9. The van der Waals surface area contributed by atoms with Crippen LogP contribution >= 0.6 is 0 Å². The number of carbonyl (C=O) groups excluding carboxylic acids is 2. The summed E-state index contributed by atoms with van der Waals surface area (Å²) in [4.78, 5) is 30.2. The number of anilines is 1. The standard InChI is InChI=1S/C32H35N5O2/c33-21-23-6-8-24(9-7-23)22-36-16-12-25(13-17-36)30-20-26(10-11-29(30)31(34)38)32(39)35-27-14-18-37(19-15-27)28-4-2-1-3-5-28/h1-11,20,25,27H,12-19,22H2,(H2,34,38)(H,35,39). The van der Waals surface area contributed by atoms with Crippen LogP contribution in [0.5, 0.6) is 0 Å². The van der Waals surface area contributed by atoms with Crippen molar-refractivity contribution in [1.82, 2.24) is 10.2 Å². The average molecular weight is 522 g/mol. The van der Waals surface area contributed by atoms with Crippen molar-refractivity contribution in [3.05, 3.63) is 101 Å². The molecule has 2 saturated heterocycles. The Morgan fingerprint density at radius 3 is 2.23 bits per heavy atom. The molecule has 0 unspecified atom stereocenters. The van der Waals surface area contributed by atoms with Crippen molar-refractivity contribution < 1.29 is 9.59 Å². The molecule has 2 amide bonds. The molecule has 3 aromatic carbocycles. The van der Waals surface area contributed by atoms with E-state index in [0.717, 1.165) is 64.0 Å². The number of piperidine rings is 2. The lowest BCUT2D eigenvalue weighted by Gasteiger charge is -2.34. The number of para-hydroxylation sites is 1. The number of carbonyl (C=O) groups is 2. The van der Waals surface area contributed by atoms with Gasteiger partial charge in [0.05, 0.1) is 11.6 Å². The Balaban J connectivity index is 1.20. The van der Waals surface area contributed by atoms with E-state index in [1.807, 2.05) is 36.4 Å². The number of nitriles is 1. The molecule has 0 aliphatic carbocycles. The quantitative estimate of drug-likeness (QED) is 0.479. The predicted molar refractivity (Wildman–Crippen MR) is 153 cm³/mol. The Labute approximate surface area is 230 Å². The Bertz CT molecular complexity index is 1330. The fourth-order valence-electron chi connectivity index (χ4n) is 5.80. The molecule has 0 atom stereocenters. The molecule has 2 heterocycles. The van der Waals surface area contributed by atoms with Crippen LogP contribution in [-0.4, -0.2) is 48.9 Å². The van der Waals surface area contributed by atoms with Gasteiger partial charge >= 0.3 is 0 Å². The second kappa shape index (κ2) is 12.1. The zero-order valence-electron chi connectivity index (χ0n) is 22.2. The molecule has 0 bridgehead atoms. The maximum Gasteiger partial charge on any atom is 0.251 e. The van der Waals surface area contributed by atoms with Crippen molar-refractivity contribution >= 4 is 17.5 Å². The number of hydrogen-bond acceptors (Lipinski definition) is 5. The molecule has 200 valence electrons. The molecule has 3 N–H and O–H groups in total. The lowest BCUT2D eigenvalue weighted by Crippen LogP contribution is -2.44.